The lowest BCUT2D eigenvalue weighted by Gasteiger charge is -1.99. The maximum absolute atomic E-state index is 12.5. The summed E-state index contributed by atoms with van der Waals surface area (Å²) in [6.07, 6.45) is 0. The summed E-state index contributed by atoms with van der Waals surface area (Å²) in [4.78, 5) is 0. The first-order valence-electron chi connectivity index (χ1n) is 3.10. The Morgan fingerprint density at radius 1 is 1.50 bits per heavy atom. The largest absolute Gasteiger partial charge is 0.207 e. The molecule has 1 aromatic rings. The lowest BCUT2D eigenvalue weighted by atomic mass is 10.1. The Bertz CT molecular complexity index is 233. The molecule has 0 aliphatic carbocycles. The first-order chi connectivity index (χ1) is 4.74. The molecule has 0 spiro atoms. The van der Waals surface area contributed by atoms with Crippen molar-refractivity contribution >= 4 is 12.6 Å². The second-order valence-corrected chi connectivity index (χ2v) is 2.55. The molecule has 0 aromatic heterocycles. The topological polar surface area (TPSA) is 0 Å². The van der Waals surface area contributed by atoms with Crippen LogP contribution in [0.4, 0.5) is 4.39 Å². The smallest absolute Gasteiger partial charge is 0.123 e. The molecular formula is C8H9FS. The Balaban J connectivity index is 3.09. The van der Waals surface area contributed by atoms with Gasteiger partial charge in [0.1, 0.15) is 5.82 Å². The highest BCUT2D eigenvalue weighted by Gasteiger charge is 1.96. The minimum atomic E-state index is -0.186. The molecule has 0 atom stereocenters. The van der Waals surface area contributed by atoms with Crippen LogP contribution in [0.25, 0.3) is 0 Å². The summed E-state index contributed by atoms with van der Waals surface area (Å²) in [5.74, 6) is 0.415. The van der Waals surface area contributed by atoms with Crippen molar-refractivity contribution in [3.63, 3.8) is 0 Å². The van der Waals surface area contributed by atoms with E-state index in [1.165, 1.54) is 12.1 Å². The van der Waals surface area contributed by atoms with E-state index in [9.17, 15) is 4.39 Å². The fourth-order valence-corrected chi connectivity index (χ4v) is 1.15. The molecule has 0 bridgehead atoms. The van der Waals surface area contributed by atoms with Crippen LogP contribution in [-0.2, 0) is 5.75 Å². The molecule has 0 saturated heterocycles. The van der Waals surface area contributed by atoms with Gasteiger partial charge >= 0.3 is 0 Å². The van der Waals surface area contributed by atoms with Crippen LogP contribution in [0.1, 0.15) is 11.1 Å². The number of benzene rings is 1. The zero-order chi connectivity index (χ0) is 7.56. The molecule has 0 saturated carbocycles. The van der Waals surface area contributed by atoms with Crippen LogP contribution >= 0.6 is 12.6 Å². The van der Waals surface area contributed by atoms with Gasteiger partial charge in [-0.05, 0) is 30.2 Å². The highest BCUT2D eigenvalue weighted by molar-refractivity contribution is 7.79. The Morgan fingerprint density at radius 2 is 2.20 bits per heavy atom. The van der Waals surface area contributed by atoms with Gasteiger partial charge in [0.25, 0.3) is 0 Å². The predicted molar refractivity (Wildman–Crippen MR) is 43.8 cm³/mol. The Morgan fingerprint density at radius 3 is 2.70 bits per heavy atom. The molecule has 1 aromatic carbocycles. The first kappa shape index (κ1) is 7.61. The van der Waals surface area contributed by atoms with Crippen molar-refractivity contribution in [2.75, 3.05) is 0 Å². The number of rotatable bonds is 1. The van der Waals surface area contributed by atoms with Gasteiger partial charge < -0.3 is 0 Å². The van der Waals surface area contributed by atoms with E-state index in [-0.39, 0.29) is 5.82 Å². The van der Waals surface area contributed by atoms with Crippen LogP contribution < -0.4 is 0 Å². The van der Waals surface area contributed by atoms with Crippen molar-refractivity contribution in [2.24, 2.45) is 0 Å². The van der Waals surface area contributed by atoms with E-state index in [1.807, 2.05) is 6.92 Å². The maximum atomic E-state index is 12.5. The average Bonchev–Trinajstić information content (AvgIpc) is 1.94. The first-order valence-corrected chi connectivity index (χ1v) is 3.73. The van der Waals surface area contributed by atoms with Gasteiger partial charge in [-0.25, -0.2) is 4.39 Å². The van der Waals surface area contributed by atoms with Gasteiger partial charge in [-0.3, -0.25) is 0 Å². The maximum Gasteiger partial charge on any atom is 0.123 e. The molecule has 54 valence electrons. The fourth-order valence-electron chi connectivity index (χ4n) is 0.810. The van der Waals surface area contributed by atoms with E-state index in [2.05, 4.69) is 12.6 Å². The summed E-state index contributed by atoms with van der Waals surface area (Å²) in [5, 5.41) is 0. The molecule has 0 radical (unpaired) electrons. The number of thiol groups is 1. The highest BCUT2D eigenvalue weighted by Crippen LogP contribution is 2.11. The molecule has 2 heteroatoms. The van der Waals surface area contributed by atoms with Crippen molar-refractivity contribution in [1.29, 1.82) is 0 Å². The van der Waals surface area contributed by atoms with Gasteiger partial charge in [0.05, 0.1) is 0 Å². The fraction of sp³-hybridized carbons (Fsp3) is 0.250. The van der Waals surface area contributed by atoms with Crippen molar-refractivity contribution in [3.05, 3.63) is 35.1 Å². The summed E-state index contributed by atoms with van der Waals surface area (Å²) in [7, 11) is 0. The van der Waals surface area contributed by atoms with Crippen LogP contribution in [0.2, 0.25) is 0 Å². The van der Waals surface area contributed by atoms with E-state index in [0.29, 0.717) is 5.75 Å². The monoisotopic (exact) mass is 156 g/mol. The van der Waals surface area contributed by atoms with E-state index in [1.54, 1.807) is 6.07 Å². The van der Waals surface area contributed by atoms with Crippen LogP contribution in [0.3, 0.4) is 0 Å². The van der Waals surface area contributed by atoms with Gasteiger partial charge in [-0.1, -0.05) is 6.07 Å². The van der Waals surface area contributed by atoms with Gasteiger partial charge in [-0.15, -0.1) is 0 Å². The van der Waals surface area contributed by atoms with Gasteiger partial charge in [-0.2, -0.15) is 12.6 Å². The molecular weight excluding hydrogens is 147 g/mol. The van der Waals surface area contributed by atoms with E-state index >= 15 is 0 Å². The van der Waals surface area contributed by atoms with Crippen LogP contribution in [-0.4, -0.2) is 0 Å². The molecule has 0 aliphatic heterocycles. The van der Waals surface area contributed by atoms with Crippen molar-refractivity contribution in [2.45, 2.75) is 12.7 Å². The Hall–Kier alpha value is -0.500. The minimum absolute atomic E-state index is 0.186. The summed E-state index contributed by atoms with van der Waals surface area (Å²) in [6, 6.07) is 4.74. The van der Waals surface area contributed by atoms with E-state index in [0.717, 1.165) is 11.1 Å². The van der Waals surface area contributed by atoms with Crippen molar-refractivity contribution < 1.29 is 4.39 Å². The summed E-state index contributed by atoms with van der Waals surface area (Å²) >= 11 is 4.06. The zero-order valence-electron chi connectivity index (χ0n) is 5.76. The molecule has 0 amide bonds. The van der Waals surface area contributed by atoms with Crippen LogP contribution in [0.5, 0.6) is 0 Å². The SMILES string of the molecule is Cc1ccc(F)cc1CS. The number of halogens is 1. The Labute approximate surface area is 65.5 Å². The minimum Gasteiger partial charge on any atom is -0.207 e. The molecule has 0 unspecified atom stereocenters. The number of aryl methyl sites for hydroxylation is 1. The molecule has 1 rings (SSSR count). The summed E-state index contributed by atoms with van der Waals surface area (Å²) in [6.45, 7) is 1.95. The third-order valence-corrected chi connectivity index (χ3v) is 1.82. The van der Waals surface area contributed by atoms with Gasteiger partial charge in [0.2, 0.25) is 0 Å². The number of hydrogen-bond donors (Lipinski definition) is 1. The third kappa shape index (κ3) is 1.51. The zero-order valence-corrected chi connectivity index (χ0v) is 6.66. The lowest BCUT2D eigenvalue weighted by molar-refractivity contribution is 0.626. The second kappa shape index (κ2) is 3.06. The van der Waals surface area contributed by atoms with Gasteiger partial charge in [0.15, 0.2) is 0 Å². The van der Waals surface area contributed by atoms with E-state index < -0.39 is 0 Å². The van der Waals surface area contributed by atoms with Crippen LogP contribution in [0.15, 0.2) is 18.2 Å². The molecule has 0 nitrogen and oxygen atoms in total. The average molecular weight is 156 g/mol. The summed E-state index contributed by atoms with van der Waals surface area (Å²) in [5.41, 5.74) is 2.06. The molecule has 0 N–H and O–H groups in total. The van der Waals surface area contributed by atoms with Gasteiger partial charge in [0, 0.05) is 5.75 Å². The van der Waals surface area contributed by atoms with Crippen LogP contribution in [0, 0.1) is 12.7 Å². The molecule has 0 fully saturated rings. The number of hydrogen-bond acceptors (Lipinski definition) is 1. The highest BCUT2D eigenvalue weighted by atomic mass is 32.1. The molecule has 0 heterocycles. The van der Waals surface area contributed by atoms with Crippen molar-refractivity contribution in [1.82, 2.24) is 0 Å². The molecule has 0 aliphatic rings. The Kier molecular flexibility index (Phi) is 2.33. The molecule has 10 heavy (non-hydrogen) atoms. The lowest BCUT2D eigenvalue weighted by Crippen LogP contribution is -1.85. The summed E-state index contributed by atoms with van der Waals surface area (Å²) < 4.78 is 12.5. The second-order valence-electron chi connectivity index (χ2n) is 2.23. The van der Waals surface area contributed by atoms with Crippen molar-refractivity contribution in [3.8, 4) is 0 Å². The normalized spacial score (nSPS) is 9.90. The predicted octanol–water partition coefficient (Wildman–Crippen LogP) is 2.56. The standard InChI is InChI=1S/C8H9FS/c1-6-2-3-8(9)4-7(6)5-10/h2-4,10H,5H2,1H3. The quantitative estimate of drug-likeness (QED) is 0.593. The van der Waals surface area contributed by atoms with E-state index in [4.69, 9.17) is 0 Å². The third-order valence-electron chi connectivity index (χ3n) is 1.48.